The summed E-state index contributed by atoms with van der Waals surface area (Å²) in [6, 6.07) is 1.95. The van der Waals surface area contributed by atoms with Crippen LogP contribution in [0, 0.1) is 0 Å². The molecule has 0 saturated carbocycles. The highest BCUT2D eigenvalue weighted by molar-refractivity contribution is 7.99. The molecule has 1 heterocycles. The molecule has 0 atom stereocenters. The van der Waals surface area contributed by atoms with E-state index < -0.39 is 0 Å². The number of thioether (sulfide) groups is 1. The number of nitrogens with zero attached hydrogens (tertiary/aromatic N) is 2. The zero-order chi connectivity index (χ0) is 10.4. The van der Waals surface area contributed by atoms with Gasteiger partial charge in [-0.2, -0.15) is 16.9 Å². The van der Waals surface area contributed by atoms with Crippen LogP contribution in [0.5, 0.6) is 0 Å². The first kappa shape index (κ1) is 11.6. The van der Waals surface area contributed by atoms with E-state index in [1.165, 1.54) is 0 Å². The van der Waals surface area contributed by atoms with Crippen LogP contribution in [0.15, 0.2) is 18.5 Å². The van der Waals surface area contributed by atoms with Crippen molar-refractivity contribution in [2.45, 2.75) is 25.1 Å². The second kappa shape index (κ2) is 5.41. The van der Waals surface area contributed by atoms with E-state index in [1.807, 2.05) is 34.9 Å². The van der Waals surface area contributed by atoms with Gasteiger partial charge in [0.05, 0.1) is 6.54 Å². The van der Waals surface area contributed by atoms with E-state index in [2.05, 4.69) is 30.5 Å². The number of aromatic nitrogens is 2. The minimum Gasteiger partial charge on any atom is -0.314 e. The molecule has 0 saturated heterocycles. The first-order valence-corrected chi connectivity index (χ1v) is 6.10. The standard InChI is InChI=1S/C10H19N3S/c1-10(2,14-3)9-11-6-8-13-7-4-5-12-13/h4-5,7,11H,6,8-9H2,1-3H3. The summed E-state index contributed by atoms with van der Waals surface area (Å²) in [5, 5.41) is 7.58. The van der Waals surface area contributed by atoms with E-state index in [0.29, 0.717) is 4.75 Å². The Kier molecular flexibility index (Phi) is 4.48. The molecule has 0 unspecified atom stereocenters. The SMILES string of the molecule is CSC(C)(C)CNCCn1cccn1. The van der Waals surface area contributed by atoms with Crippen LogP contribution in [0.1, 0.15) is 13.8 Å². The Morgan fingerprint density at radius 2 is 2.29 bits per heavy atom. The molecule has 0 radical (unpaired) electrons. The average Bonchev–Trinajstić information content (AvgIpc) is 2.65. The Morgan fingerprint density at radius 3 is 2.86 bits per heavy atom. The first-order chi connectivity index (χ1) is 6.64. The Labute approximate surface area is 90.3 Å². The van der Waals surface area contributed by atoms with Gasteiger partial charge in [0.25, 0.3) is 0 Å². The van der Waals surface area contributed by atoms with Crippen LogP contribution in [0.25, 0.3) is 0 Å². The summed E-state index contributed by atoms with van der Waals surface area (Å²) in [7, 11) is 0. The maximum Gasteiger partial charge on any atom is 0.0533 e. The van der Waals surface area contributed by atoms with Gasteiger partial charge in [-0.15, -0.1) is 0 Å². The molecule has 0 spiro atoms. The molecular weight excluding hydrogens is 194 g/mol. The Bertz CT molecular complexity index is 244. The fourth-order valence-corrected chi connectivity index (χ4v) is 1.33. The molecule has 0 amide bonds. The summed E-state index contributed by atoms with van der Waals surface area (Å²) in [6.45, 7) is 7.45. The van der Waals surface area contributed by atoms with Gasteiger partial charge in [0.2, 0.25) is 0 Å². The van der Waals surface area contributed by atoms with Crippen molar-refractivity contribution >= 4 is 11.8 Å². The normalized spacial score (nSPS) is 11.9. The van der Waals surface area contributed by atoms with E-state index in [4.69, 9.17) is 0 Å². The van der Waals surface area contributed by atoms with Crippen molar-refractivity contribution in [1.29, 1.82) is 0 Å². The van der Waals surface area contributed by atoms with Crippen molar-refractivity contribution in [3.05, 3.63) is 18.5 Å². The van der Waals surface area contributed by atoms with Crippen LogP contribution >= 0.6 is 11.8 Å². The monoisotopic (exact) mass is 213 g/mol. The van der Waals surface area contributed by atoms with Crippen molar-refractivity contribution in [2.24, 2.45) is 0 Å². The van der Waals surface area contributed by atoms with Crippen LogP contribution in [0.3, 0.4) is 0 Å². The Balaban J connectivity index is 2.11. The van der Waals surface area contributed by atoms with Crippen LogP contribution < -0.4 is 5.32 Å². The van der Waals surface area contributed by atoms with Gasteiger partial charge in [-0.1, -0.05) is 0 Å². The topological polar surface area (TPSA) is 29.9 Å². The number of hydrogen-bond donors (Lipinski definition) is 1. The molecule has 0 aliphatic heterocycles. The molecule has 1 N–H and O–H groups in total. The minimum absolute atomic E-state index is 0.324. The molecule has 0 fully saturated rings. The second-order valence-electron chi connectivity index (χ2n) is 3.91. The molecular formula is C10H19N3S. The maximum absolute atomic E-state index is 4.14. The maximum atomic E-state index is 4.14. The summed E-state index contributed by atoms with van der Waals surface area (Å²) in [6.07, 6.45) is 5.95. The molecule has 0 aromatic carbocycles. The van der Waals surface area contributed by atoms with Crippen LogP contribution in [0.2, 0.25) is 0 Å². The first-order valence-electron chi connectivity index (χ1n) is 4.87. The lowest BCUT2D eigenvalue weighted by atomic mass is 10.2. The van der Waals surface area contributed by atoms with Crippen LogP contribution in [-0.4, -0.2) is 33.9 Å². The third-order valence-corrected chi connectivity index (χ3v) is 3.43. The molecule has 0 bridgehead atoms. The summed E-state index contributed by atoms with van der Waals surface area (Å²) >= 11 is 1.89. The second-order valence-corrected chi connectivity index (χ2v) is 5.42. The predicted octanol–water partition coefficient (Wildman–Crippen LogP) is 1.61. The van der Waals surface area contributed by atoms with Gasteiger partial charge in [0.15, 0.2) is 0 Å². The number of rotatable bonds is 6. The quantitative estimate of drug-likeness (QED) is 0.728. The van der Waals surface area contributed by atoms with Crippen LogP contribution in [-0.2, 0) is 6.54 Å². The van der Waals surface area contributed by atoms with Gasteiger partial charge >= 0.3 is 0 Å². The van der Waals surface area contributed by atoms with E-state index in [-0.39, 0.29) is 0 Å². The van der Waals surface area contributed by atoms with E-state index in [0.717, 1.165) is 19.6 Å². The van der Waals surface area contributed by atoms with Gasteiger partial charge < -0.3 is 5.32 Å². The van der Waals surface area contributed by atoms with Crippen LogP contribution in [0.4, 0.5) is 0 Å². The van der Waals surface area contributed by atoms with Crippen molar-refractivity contribution < 1.29 is 0 Å². The summed E-state index contributed by atoms with van der Waals surface area (Å²) in [5.41, 5.74) is 0. The highest BCUT2D eigenvalue weighted by Gasteiger charge is 2.14. The van der Waals surface area contributed by atoms with Crippen molar-refractivity contribution in [2.75, 3.05) is 19.3 Å². The molecule has 80 valence electrons. The predicted molar refractivity (Wildman–Crippen MR) is 62.7 cm³/mol. The van der Waals surface area contributed by atoms with Gasteiger partial charge in [-0.05, 0) is 26.2 Å². The third kappa shape index (κ3) is 4.15. The van der Waals surface area contributed by atoms with Crippen molar-refractivity contribution in [3.8, 4) is 0 Å². The third-order valence-electron chi connectivity index (χ3n) is 2.18. The van der Waals surface area contributed by atoms with Gasteiger partial charge in [0.1, 0.15) is 0 Å². The fraction of sp³-hybridized carbons (Fsp3) is 0.700. The minimum atomic E-state index is 0.324. The van der Waals surface area contributed by atoms with Crippen molar-refractivity contribution in [3.63, 3.8) is 0 Å². The highest BCUT2D eigenvalue weighted by atomic mass is 32.2. The van der Waals surface area contributed by atoms with Gasteiger partial charge in [-0.25, -0.2) is 0 Å². The zero-order valence-electron chi connectivity index (χ0n) is 9.16. The smallest absolute Gasteiger partial charge is 0.0533 e. The summed E-state index contributed by atoms with van der Waals surface area (Å²) < 4.78 is 2.27. The average molecular weight is 213 g/mol. The lowest BCUT2D eigenvalue weighted by Crippen LogP contribution is -2.33. The molecule has 0 aliphatic carbocycles. The molecule has 1 rings (SSSR count). The lowest BCUT2D eigenvalue weighted by Gasteiger charge is -2.22. The largest absolute Gasteiger partial charge is 0.314 e. The van der Waals surface area contributed by atoms with Gasteiger partial charge in [-0.3, -0.25) is 4.68 Å². The summed E-state index contributed by atoms with van der Waals surface area (Å²) in [4.78, 5) is 0. The van der Waals surface area contributed by atoms with E-state index in [9.17, 15) is 0 Å². The summed E-state index contributed by atoms with van der Waals surface area (Å²) in [5.74, 6) is 0. The number of hydrogen-bond acceptors (Lipinski definition) is 3. The highest BCUT2D eigenvalue weighted by Crippen LogP contribution is 2.19. The molecule has 1 aromatic rings. The molecule has 0 aliphatic rings. The Hall–Kier alpha value is -0.480. The molecule has 14 heavy (non-hydrogen) atoms. The lowest BCUT2D eigenvalue weighted by molar-refractivity contribution is 0.526. The molecule has 3 nitrogen and oxygen atoms in total. The Morgan fingerprint density at radius 1 is 1.50 bits per heavy atom. The zero-order valence-corrected chi connectivity index (χ0v) is 9.97. The van der Waals surface area contributed by atoms with E-state index in [1.54, 1.807) is 0 Å². The van der Waals surface area contributed by atoms with Crippen molar-refractivity contribution in [1.82, 2.24) is 15.1 Å². The van der Waals surface area contributed by atoms with Gasteiger partial charge in [0, 0.05) is 30.2 Å². The van der Waals surface area contributed by atoms with E-state index >= 15 is 0 Å². The molecule has 4 heteroatoms. The number of nitrogens with one attached hydrogen (secondary N) is 1. The molecule has 1 aromatic heterocycles. The fourth-order valence-electron chi connectivity index (χ4n) is 1.09.